The van der Waals surface area contributed by atoms with Crippen molar-refractivity contribution in [3.63, 3.8) is 0 Å². The molecule has 7 nitrogen and oxygen atoms in total. The number of carbonyl (C=O) groups is 2. The van der Waals surface area contributed by atoms with E-state index in [4.69, 9.17) is 4.74 Å². The quantitative estimate of drug-likeness (QED) is 0.286. The van der Waals surface area contributed by atoms with Crippen molar-refractivity contribution in [1.82, 2.24) is 0 Å². The first-order chi connectivity index (χ1) is 20.8. The topological polar surface area (TPSA) is 124 Å². The van der Waals surface area contributed by atoms with Crippen LogP contribution in [-0.2, 0) is 14.3 Å². The number of ether oxygens (including phenoxy) is 1. The second-order valence-electron chi connectivity index (χ2n) is 18.2. The van der Waals surface area contributed by atoms with Crippen molar-refractivity contribution in [3.05, 3.63) is 11.6 Å². The van der Waals surface area contributed by atoms with E-state index >= 15 is 0 Å². The van der Waals surface area contributed by atoms with E-state index < -0.39 is 59.9 Å². The fraction of sp³-hybridized carbons (Fsp3) is 0.892. The molecule has 1 saturated heterocycles. The van der Waals surface area contributed by atoms with Crippen molar-refractivity contribution in [3.8, 4) is 0 Å². The minimum Gasteiger partial charge on any atom is -0.481 e. The van der Waals surface area contributed by atoms with Crippen LogP contribution in [0.2, 0.25) is 0 Å². The Morgan fingerprint density at radius 3 is 2.18 bits per heavy atom. The van der Waals surface area contributed by atoms with Crippen LogP contribution in [0.1, 0.15) is 113 Å². The number of Topliss-reactive ketones (excluding diaryl/α,β-unsaturated/α-hetero) is 1. The lowest BCUT2D eigenvalue weighted by Crippen LogP contribution is -2.66. The number of hydrogen-bond donors (Lipinski definition) is 4. The lowest BCUT2D eigenvalue weighted by Gasteiger charge is -2.71. The van der Waals surface area contributed by atoms with Crippen LogP contribution in [0.25, 0.3) is 0 Å². The Morgan fingerprint density at radius 1 is 0.867 bits per heavy atom. The van der Waals surface area contributed by atoms with E-state index in [0.717, 1.165) is 57.8 Å². The molecule has 8 heteroatoms. The van der Waals surface area contributed by atoms with Gasteiger partial charge in [0.1, 0.15) is 37.2 Å². The van der Waals surface area contributed by atoms with Crippen LogP contribution in [0, 0.1) is 56.2 Å². The molecule has 4 saturated carbocycles. The molecule has 13 atom stereocenters. The Balaban J connectivity index is 1.31. The summed E-state index contributed by atoms with van der Waals surface area (Å²) in [5.41, 5.74) is 0.294. The molecule has 0 radical (unpaired) electrons. The number of carbonyl (C=O) groups excluding carboxylic acids is 1. The fourth-order valence-corrected chi connectivity index (χ4v) is 12.7. The molecule has 5 unspecified atom stereocenters. The van der Waals surface area contributed by atoms with Gasteiger partial charge < -0.3 is 25.2 Å². The van der Waals surface area contributed by atoms with Gasteiger partial charge in [0.15, 0.2) is 5.78 Å². The summed E-state index contributed by atoms with van der Waals surface area (Å²) in [6, 6.07) is 0. The third kappa shape index (κ3) is 4.46. The molecule has 1 heterocycles. The van der Waals surface area contributed by atoms with Crippen LogP contribution in [0.3, 0.4) is 0 Å². The molecular formula is C37H57FO7. The van der Waals surface area contributed by atoms with Gasteiger partial charge in [0.2, 0.25) is 0 Å². The highest BCUT2D eigenvalue weighted by atomic mass is 19.1. The van der Waals surface area contributed by atoms with Crippen molar-refractivity contribution >= 4 is 11.8 Å². The van der Waals surface area contributed by atoms with Crippen LogP contribution in [0.4, 0.5) is 4.39 Å². The molecule has 0 aromatic heterocycles. The zero-order chi connectivity index (χ0) is 33.1. The molecule has 4 N–H and O–H groups in total. The van der Waals surface area contributed by atoms with Gasteiger partial charge in [-0.3, -0.25) is 9.59 Å². The number of carboxylic acids is 1. The normalized spacial score (nSPS) is 51.9. The second-order valence-corrected chi connectivity index (χ2v) is 18.2. The predicted octanol–water partition coefficient (Wildman–Crippen LogP) is 5.88. The van der Waals surface area contributed by atoms with Gasteiger partial charge in [-0.05, 0) is 109 Å². The summed E-state index contributed by atoms with van der Waals surface area (Å²) >= 11 is 0. The fourth-order valence-electron chi connectivity index (χ4n) is 12.7. The summed E-state index contributed by atoms with van der Waals surface area (Å²) in [7, 11) is 0. The average Bonchev–Trinajstić information content (AvgIpc) is 2.95. The number of carboxylic acid groups (broad SMARTS) is 1. The number of aliphatic carboxylic acids is 1. The van der Waals surface area contributed by atoms with Crippen molar-refractivity contribution in [2.24, 2.45) is 56.2 Å². The standard InChI is InChI=1S/C37H57FO7/c1-32(2)14-16-37(31(43)44)17-15-35(6)20(22(37)18-32)8-9-25-34(5)12-10-21(33(3,4)24(34)11-13-36(25,35)7)26(39)30-29(42)28(41)27(40)23(19-38)45-30/h8,21-25,27-30,40-42H,9-19H2,1-7H3,(H,43,44)/t21-,22?,23?,24?,25?,27+,28-,29?,30-,34-,35+,36+,37-/m0/s1. The number of aliphatic hydroxyl groups excluding tert-OH is 3. The average molecular weight is 633 g/mol. The lowest BCUT2D eigenvalue weighted by atomic mass is 9.33. The third-order valence-corrected chi connectivity index (χ3v) is 15.6. The van der Waals surface area contributed by atoms with E-state index in [2.05, 4.69) is 54.5 Å². The second kappa shape index (κ2) is 10.6. The van der Waals surface area contributed by atoms with Gasteiger partial charge in [0.25, 0.3) is 0 Å². The highest BCUT2D eigenvalue weighted by Gasteiger charge is 2.70. The molecular weight excluding hydrogens is 575 g/mol. The van der Waals surface area contributed by atoms with Gasteiger partial charge in [-0.15, -0.1) is 0 Å². The minimum atomic E-state index is -1.64. The first-order valence-electron chi connectivity index (χ1n) is 17.5. The number of fused-ring (bicyclic) bond motifs is 7. The van der Waals surface area contributed by atoms with Crippen LogP contribution < -0.4 is 0 Å². The van der Waals surface area contributed by atoms with E-state index in [1.165, 1.54) is 5.57 Å². The van der Waals surface area contributed by atoms with Gasteiger partial charge in [-0.25, -0.2) is 4.39 Å². The van der Waals surface area contributed by atoms with E-state index in [9.17, 15) is 34.4 Å². The van der Waals surface area contributed by atoms with E-state index in [1.54, 1.807) is 0 Å². The Labute approximate surface area is 268 Å². The Kier molecular flexibility index (Phi) is 7.88. The highest BCUT2D eigenvalue weighted by molar-refractivity contribution is 5.87. The van der Waals surface area contributed by atoms with E-state index in [0.29, 0.717) is 12.3 Å². The molecule has 45 heavy (non-hydrogen) atoms. The molecule has 254 valence electrons. The van der Waals surface area contributed by atoms with Gasteiger partial charge >= 0.3 is 5.97 Å². The molecule has 0 spiro atoms. The van der Waals surface area contributed by atoms with Gasteiger partial charge in [-0.2, -0.15) is 0 Å². The summed E-state index contributed by atoms with van der Waals surface area (Å²) in [6.07, 6.45) is 3.47. The zero-order valence-corrected chi connectivity index (χ0v) is 28.4. The summed E-state index contributed by atoms with van der Waals surface area (Å²) in [5.74, 6) is -0.677. The molecule has 6 aliphatic rings. The molecule has 6 rings (SSSR count). The van der Waals surface area contributed by atoms with E-state index in [1.807, 2.05) is 0 Å². The summed E-state index contributed by atoms with van der Waals surface area (Å²) < 4.78 is 19.3. The van der Waals surface area contributed by atoms with Crippen LogP contribution in [0.5, 0.6) is 0 Å². The third-order valence-electron chi connectivity index (χ3n) is 15.6. The van der Waals surface area contributed by atoms with Crippen LogP contribution in [-0.4, -0.2) is 69.4 Å². The number of aliphatic hydroxyl groups is 3. The molecule has 5 fully saturated rings. The lowest BCUT2D eigenvalue weighted by molar-refractivity contribution is -0.230. The Bertz CT molecular complexity index is 1260. The first-order valence-corrected chi connectivity index (χ1v) is 17.5. The monoisotopic (exact) mass is 632 g/mol. The van der Waals surface area contributed by atoms with E-state index in [-0.39, 0.29) is 39.3 Å². The van der Waals surface area contributed by atoms with Gasteiger partial charge in [0.05, 0.1) is 5.41 Å². The predicted molar refractivity (Wildman–Crippen MR) is 168 cm³/mol. The van der Waals surface area contributed by atoms with Crippen LogP contribution >= 0.6 is 0 Å². The minimum absolute atomic E-state index is 0.00121. The maximum absolute atomic E-state index is 14.1. The molecule has 0 amide bonds. The highest BCUT2D eigenvalue weighted by Crippen LogP contribution is 2.76. The van der Waals surface area contributed by atoms with Crippen LogP contribution in [0.15, 0.2) is 11.6 Å². The van der Waals surface area contributed by atoms with Crippen molar-refractivity contribution in [1.29, 1.82) is 0 Å². The summed E-state index contributed by atoms with van der Waals surface area (Å²) in [6.45, 7) is 15.2. The molecule has 0 aromatic rings. The van der Waals surface area contributed by atoms with Gasteiger partial charge in [0, 0.05) is 5.92 Å². The SMILES string of the molecule is CC1(C)CC[C@]2(C(=O)O)CC[C@]3(C)C(=CCC4[C@@]5(C)CC[C@@H](C(=O)[C@@H]6OC(CF)[C@@H](O)[C@H](O)C6O)C(C)(C)C5CC[C@]43C)C2C1. The smallest absolute Gasteiger partial charge is 0.310 e. The largest absolute Gasteiger partial charge is 0.481 e. The molecule has 1 aliphatic heterocycles. The Hall–Kier alpha value is -1.35. The first kappa shape index (κ1) is 33.5. The molecule has 5 aliphatic carbocycles. The van der Waals surface area contributed by atoms with Gasteiger partial charge in [-0.1, -0.05) is 60.1 Å². The maximum atomic E-state index is 14.1. The Morgan fingerprint density at radius 2 is 1.53 bits per heavy atom. The number of ketones is 1. The number of rotatable bonds is 4. The summed E-state index contributed by atoms with van der Waals surface area (Å²) in [4.78, 5) is 27.0. The molecule has 0 bridgehead atoms. The molecule has 0 aromatic carbocycles. The maximum Gasteiger partial charge on any atom is 0.310 e. The van der Waals surface area contributed by atoms with Crippen molar-refractivity contribution in [2.75, 3.05) is 6.67 Å². The van der Waals surface area contributed by atoms with Crippen molar-refractivity contribution in [2.45, 2.75) is 143 Å². The number of hydrogen-bond acceptors (Lipinski definition) is 6. The van der Waals surface area contributed by atoms with Crippen molar-refractivity contribution < 1.29 is 39.1 Å². The summed E-state index contributed by atoms with van der Waals surface area (Å²) in [5, 5.41) is 41.9. The number of halogens is 1. The number of allylic oxidation sites excluding steroid dienone is 2. The number of alkyl halides is 1. The zero-order valence-electron chi connectivity index (χ0n) is 28.4.